The summed E-state index contributed by atoms with van der Waals surface area (Å²) in [6, 6.07) is 0. The lowest BCUT2D eigenvalue weighted by molar-refractivity contribution is 0.303. The molecule has 0 N–H and O–H groups in total. The molecule has 0 spiro atoms. The van der Waals surface area contributed by atoms with Crippen molar-refractivity contribution >= 4 is 0 Å². The fourth-order valence-electron chi connectivity index (χ4n) is 0.600. The van der Waals surface area contributed by atoms with Crippen LogP contribution in [0.3, 0.4) is 0 Å². The van der Waals surface area contributed by atoms with Crippen molar-refractivity contribution in [3.05, 3.63) is 36.1 Å². The third-order valence-electron chi connectivity index (χ3n) is 1.42. The molecular weight excluding hydrogens is 124 g/mol. The highest BCUT2D eigenvalue weighted by Gasteiger charge is 1.96. The second-order valence-corrected chi connectivity index (χ2v) is 2.18. The molecule has 0 saturated heterocycles. The minimum absolute atomic E-state index is 0.799. The van der Waals surface area contributed by atoms with Crippen LogP contribution in [-0.2, 0) is 4.74 Å². The van der Waals surface area contributed by atoms with E-state index in [-0.39, 0.29) is 0 Å². The quantitative estimate of drug-likeness (QED) is 0.430. The Balaban J connectivity index is 4.59. The van der Waals surface area contributed by atoms with Gasteiger partial charge >= 0.3 is 0 Å². The maximum absolute atomic E-state index is 5.02. The second kappa shape index (κ2) is 3.94. The van der Waals surface area contributed by atoms with Crippen LogP contribution in [0.4, 0.5) is 0 Å². The molecule has 0 saturated carbocycles. The van der Waals surface area contributed by atoms with E-state index < -0.39 is 0 Å². The van der Waals surface area contributed by atoms with Crippen LogP contribution in [-0.4, -0.2) is 7.11 Å². The van der Waals surface area contributed by atoms with E-state index in [9.17, 15) is 0 Å². The SMILES string of the molecule is C=C/C(OC)=C(/C)C(=C)C. The van der Waals surface area contributed by atoms with Gasteiger partial charge in [-0.05, 0) is 25.5 Å². The van der Waals surface area contributed by atoms with Crippen LogP contribution in [0.1, 0.15) is 13.8 Å². The number of hydrogen-bond acceptors (Lipinski definition) is 1. The standard InChI is InChI=1S/C9H14O/c1-6-9(10-5)8(4)7(2)3/h6H,1-2H2,3-5H3/b9-8+. The van der Waals surface area contributed by atoms with Crippen LogP contribution in [0.25, 0.3) is 0 Å². The van der Waals surface area contributed by atoms with Crippen molar-refractivity contribution in [3.8, 4) is 0 Å². The van der Waals surface area contributed by atoms with Gasteiger partial charge in [-0.2, -0.15) is 0 Å². The molecule has 1 nitrogen and oxygen atoms in total. The first-order valence-electron chi connectivity index (χ1n) is 3.16. The predicted octanol–water partition coefficient (Wildman–Crippen LogP) is 2.67. The first-order chi connectivity index (χ1) is 4.63. The van der Waals surface area contributed by atoms with Gasteiger partial charge in [-0.3, -0.25) is 0 Å². The second-order valence-electron chi connectivity index (χ2n) is 2.18. The number of hydrogen-bond donors (Lipinski definition) is 0. The van der Waals surface area contributed by atoms with Crippen LogP contribution >= 0.6 is 0 Å². The van der Waals surface area contributed by atoms with Gasteiger partial charge in [0.2, 0.25) is 0 Å². The number of ether oxygens (including phenoxy) is 1. The van der Waals surface area contributed by atoms with Crippen LogP contribution in [0.2, 0.25) is 0 Å². The van der Waals surface area contributed by atoms with Gasteiger partial charge in [0.1, 0.15) is 5.76 Å². The summed E-state index contributed by atoms with van der Waals surface area (Å²) >= 11 is 0. The topological polar surface area (TPSA) is 9.23 Å². The molecule has 0 bridgehead atoms. The summed E-state index contributed by atoms with van der Waals surface area (Å²) in [4.78, 5) is 0. The van der Waals surface area contributed by atoms with Crippen molar-refractivity contribution in [3.63, 3.8) is 0 Å². The molecule has 0 fully saturated rings. The average Bonchev–Trinajstić information content (AvgIpc) is 1.90. The first-order valence-corrected chi connectivity index (χ1v) is 3.16. The molecule has 0 aromatic heterocycles. The monoisotopic (exact) mass is 138 g/mol. The Hall–Kier alpha value is -0.980. The van der Waals surface area contributed by atoms with Crippen LogP contribution in [0, 0.1) is 0 Å². The zero-order valence-corrected chi connectivity index (χ0v) is 6.90. The lowest BCUT2D eigenvalue weighted by atomic mass is 10.1. The molecule has 0 radical (unpaired) electrons. The Morgan fingerprint density at radius 2 is 1.90 bits per heavy atom. The Morgan fingerprint density at radius 1 is 1.40 bits per heavy atom. The minimum atomic E-state index is 0.799. The number of methoxy groups -OCH3 is 1. The van der Waals surface area contributed by atoms with E-state index in [0.29, 0.717) is 0 Å². The molecule has 0 heterocycles. The van der Waals surface area contributed by atoms with Crippen LogP contribution in [0.5, 0.6) is 0 Å². The normalized spacial score (nSPS) is 11.9. The molecule has 1 heteroatoms. The maximum atomic E-state index is 5.02. The van der Waals surface area contributed by atoms with E-state index in [1.54, 1.807) is 13.2 Å². The Labute approximate surface area is 62.7 Å². The van der Waals surface area contributed by atoms with Crippen molar-refractivity contribution in [2.75, 3.05) is 7.11 Å². The van der Waals surface area contributed by atoms with Gasteiger partial charge in [0, 0.05) is 0 Å². The van der Waals surface area contributed by atoms with Crippen molar-refractivity contribution in [1.82, 2.24) is 0 Å². The molecule has 0 aliphatic rings. The third-order valence-corrected chi connectivity index (χ3v) is 1.42. The molecule has 10 heavy (non-hydrogen) atoms. The average molecular weight is 138 g/mol. The molecule has 0 rings (SSSR count). The lowest BCUT2D eigenvalue weighted by Crippen LogP contribution is -1.88. The van der Waals surface area contributed by atoms with Crippen molar-refractivity contribution < 1.29 is 4.74 Å². The number of rotatable bonds is 3. The highest BCUT2D eigenvalue weighted by atomic mass is 16.5. The molecule has 0 aliphatic heterocycles. The first kappa shape index (κ1) is 9.02. The van der Waals surface area contributed by atoms with Gasteiger partial charge in [-0.15, -0.1) is 0 Å². The van der Waals surface area contributed by atoms with Gasteiger partial charge in [-0.25, -0.2) is 0 Å². The van der Waals surface area contributed by atoms with E-state index in [1.165, 1.54) is 0 Å². The summed E-state index contributed by atoms with van der Waals surface area (Å²) in [5.74, 6) is 0.799. The minimum Gasteiger partial charge on any atom is -0.497 e. The number of allylic oxidation sites excluding steroid dienone is 3. The molecule has 0 aromatic carbocycles. The zero-order valence-electron chi connectivity index (χ0n) is 6.90. The smallest absolute Gasteiger partial charge is 0.121 e. The molecular formula is C9H14O. The van der Waals surface area contributed by atoms with Gasteiger partial charge in [0.25, 0.3) is 0 Å². The summed E-state index contributed by atoms with van der Waals surface area (Å²) in [7, 11) is 1.63. The molecule has 0 unspecified atom stereocenters. The fourth-order valence-corrected chi connectivity index (χ4v) is 0.600. The van der Waals surface area contributed by atoms with Crippen LogP contribution in [0.15, 0.2) is 36.1 Å². The largest absolute Gasteiger partial charge is 0.497 e. The summed E-state index contributed by atoms with van der Waals surface area (Å²) in [5.41, 5.74) is 2.06. The maximum Gasteiger partial charge on any atom is 0.121 e. The highest BCUT2D eigenvalue weighted by molar-refractivity contribution is 5.31. The van der Waals surface area contributed by atoms with Crippen molar-refractivity contribution in [1.29, 1.82) is 0 Å². The fraction of sp³-hybridized carbons (Fsp3) is 0.333. The Kier molecular flexibility index (Phi) is 3.55. The Bertz CT molecular complexity index is 175. The van der Waals surface area contributed by atoms with E-state index in [4.69, 9.17) is 4.74 Å². The van der Waals surface area contributed by atoms with E-state index in [0.717, 1.165) is 16.9 Å². The molecule has 0 amide bonds. The van der Waals surface area contributed by atoms with E-state index in [2.05, 4.69) is 13.2 Å². The van der Waals surface area contributed by atoms with Crippen LogP contribution < -0.4 is 0 Å². The third kappa shape index (κ3) is 2.09. The molecule has 56 valence electrons. The predicted molar refractivity (Wildman–Crippen MR) is 44.7 cm³/mol. The van der Waals surface area contributed by atoms with Gasteiger partial charge in [-0.1, -0.05) is 18.7 Å². The summed E-state index contributed by atoms with van der Waals surface area (Å²) in [5, 5.41) is 0. The van der Waals surface area contributed by atoms with Crippen molar-refractivity contribution in [2.45, 2.75) is 13.8 Å². The van der Waals surface area contributed by atoms with E-state index >= 15 is 0 Å². The summed E-state index contributed by atoms with van der Waals surface area (Å²) in [6.07, 6.45) is 1.68. The molecule has 0 atom stereocenters. The van der Waals surface area contributed by atoms with E-state index in [1.807, 2.05) is 13.8 Å². The summed E-state index contributed by atoms with van der Waals surface area (Å²) < 4.78 is 5.02. The zero-order chi connectivity index (χ0) is 8.15. The van der Waals surface area contributed by atoms with Gasteiger partial charge < -0.3 is 4.74 Å². The highest BCUT2D eigenvalue weighted by Crippen LogP contribution is 2.12. The van der Waals surface area contributed by atoms with Gasteiger partial charge in [0.15, 0.2) is 0 Å². The van der Waals surface area contributed by atoms with Gasteiger partial charge in [0.05, 0.1) is 7.11 Å². The lowest BCUT2D eigenvalue weighted by Gasteiger charge is -2.05. The molecule has 0 aromatic rings. The molecule has 0 aliphatic carbocycles. The Morgan fingerprint density at radius 3 is 2.00 bits per heavy atom. The van der Waals surface area contributed by atoms with Crippen molar-refractivity contribution in [2.24, 2.45) is 0 Å². The summed E-state index contributed by atoms with van der Waals surface area (Å²) in [6.45, 7) is 11.3.